The number of phenols is 1. The number of amides is 2. The van der Waals surface area contributed by atoms with Crippen LogP contribution in [0.1, 0.15) is 38.1 Å². The van der Waals surface area contributed by atoms with Gasteiger partial charge in [0, 0.05) is 5.39 Å². The van der Waals surface area contributed by atoms with Gasteiger partial charge in [-0.3, -0.25) is 20.4 Å². The van der Waals surface area contributed by atoms with Crippen molar-refractivity contribution in [2.45, 2.75) is 70.0 Å². The SMILES string of the molecule is CC1(C)O[C@H]2[C@@H](O1)[C@H](C(=O)NNC(=O)c1ccc3ccccc3c1O)O[C@@H]1OC(C)(C)O[C@@H]12. The van der Waals surface area contributed by atoms with Crippen molar-refractivity contribution in [3.05, 3.63) is 42.0 Å². The van der Waals surface area contributed by atoms with Crippen molar-refractivity contribution >= 4 is 22.6 Å². The maximum absolute atomic E-state index is 13.0. The normalized spacial score (nSPS) is 31.6. The number of ether oxygens (including phenoxy) is 5. The number of nitrogens with one attached hydrogen (secondary N) is 2. The second kappa shape index (κ2) is 7.64. The molecule has 3 fully saturated rings. The molecule has 10 nitrogen and oxygen atoms in total. The van der Waals surface area contributed by atoms with E-state index in [-0.39, 0.29) is 11.3 Å². The third-order valence-corrected chi connectivity index (χ3v) is 5.86. The van der Waals surface area contributed by atoms with E-state index >= 15 is 0 Å². The molecule has 3 N–H and O–H groups in total. The standard InChI is InChI=1S/C23H26N2O8/c1-22(2)30-15-16(31-22)18-21(33-23(3,4)32-18)29-17(15)20(28)25-24-19(27)13-10-9-11-7-5-6-8-12(11)14(13)26/h5-10,15-18,21,26H,1-4H3,(H,24,27)(H,25,28)/t15-,16+,17-,18-,21-/m1/s1. The molecule has 2 aromatic carbocycles. The Balaban J connectivity index is 1.31. The largest absolute Gasteiger partial charge is 0.506 e. The van der Waals surface area contributed by atoms with Gasteiger partial charge in [-0.1, -0.05) is 30.3 Å². The Hall–Kier alpha value is -2.76. The third-order valence-electron chi connectivity index (χ3n) is 5.86. The van der Waals surface area contributed by atoms with Gasteiger partial charge in [0.2, 0.25) is 0 Å². The van der Waals surface area contributed by atoms with Gasteiger partial charge in [0.05, 0.1) is 5.56 Å². The molecule has 0 aromatic heterocycles. The van der Waals surface area contributed by atoms with E-state index in [1.165, 1.54) is 6.07 Å². The third kappa shape index (κ3) is 3.94. The summed E-state index contributed by atoms with van der Waals surface area (Å²) in [5.41, 5.74) is 4.71. The first-order valence-corrected chi connectivity index (χ1v) is 10.7. The summed E-state index contributed by atoms with van der Waals surface area (Å²) in [4.78, 5) is 25.7. The zero-order chi connectivity index (χ0) is 23.5. The molecule has 3 heterocycles. The molecular formula is C23H26N2O8. The molecule has 0 aliphatic carbocycles. The Morgan fingerprint density at radius 2 is 1.52 bits per heavy atom. The van der Waals surface area contributed by atoms with Crippen LogP contribution >= 0.6 is 0 Å². The van der Waals surface area contributed by atoms with Gasteiger partial charge in [-0.25, -0.2) is 0 Å². The lowest BCUT2D eigenvalue weighted by Gasteiger charge is -2.36. The van der Waals surface area contributed by atoms with E-state index in [9.17, 15) is 14.7 Å². The van der Waals surface area contributed by atoms with Crippen molar-refractivity contribution < 1.29 is 38.4 Å². The van der Waals surface area contributed by atoms with E-state index < -0.39 is 54.1 Å². The van der Waals surface area contributed by atoms with Crippen LogP contribution in [0.25, 0.3) is 10.8 Å². The minimum absolute atomic E-state index is 0.0207. The van der Waals surface area contributed by atoms with E-state index in [0.717, 1.165) is 5.39 Å². The Morgan fingerprint density at radius 1 is 0.848 bits per heavy atom. The first-order valence-electron chi connectivity index (χ1n) is 10.7. The van der Waals surface area contributed by atoms with Gasteiger partial charge in [-0.15, -0.1) is 0 Å². The van der Waals surface area contributed by atoms with E-state index in [0.29, 0.717) is 5.39 Å². The number of phenolic OH excluding ortho intramolecular Hbond substituents is 1. The highest BCUT2D eigenvalue weighted by Gasteiger charge is 2.62. The van der Waals surface area contributed by atoms with Crippen molar-refractivity contribution in [1.82, 2.24) is 10.9 Å². The fourth-order valence-electron chi connectivity index (χ4n) is 4.52. The Bertz CT molecular complexity index is 1120. The summed E-state index contributed by atoms with van der Waals surface area (Å²) in [5, 5.41) is 11.8. The van der Waals surface area contributed by atoms with E-state index in [4.69, 9.17) is 23.7 Å². The quantitative estimate of drug-likeness (QED) is 0.581. The predicted octanol–water partition coefficient (Wildman–Crippen LogP) is 1.70. The molecule has 3 aliphatic rings. The van der Waals surface area contributed by atoms with E-state index in [2.05, 4.69) is 10.9 Å². The van der Waals surface area contributed by atoms with Crippen LogP contribution in [0.2, 0.25) is 0 Å². The Kier molecular flexibility index (Phi) is 5.11. The number of benzene rings is 2. The summed E-state index contributed by atoms with van der Waals surface area (Å²) >= 11 is 0. The Morgan fingerprint density at radius 3 is 2.30 bits per heavy atom. The number of aromatic hydroxyl groups is 1. The van der Waals surface area contributed by atoms with Crippen LogP contribution in [-0.4, -0.2) is 59.2 Å². The zero-order valence-corrected chi connectivity index (χ0v) is 18.7. The molecule has 0 saturated carbocycles. The molecule has 5 atom stereocenters. The number of hydrazine groups is 1. The second-order valence-corrected chi connectivity index (χ2v) is 9.22. The molecule has 0 unspecified atom stereocenters. The molecule has 10 heteroatoms. The molecule has 3 aliphatic heterocycles. The number of carbonyl (C=O) groups excluding carboxylic acids is 2. The maximum Gasteiger partial charge on any atom is 0.273 e. The lowest BCUT2D eigenvalue weighted by Crippen LogP contribution is -2.61. The predicted molar refractivity (Wildman–Crippen MR) is 114 cm³/mol. The first-order chi connectivity index (χ1) is 15.5. The van der Waals surface area contributed by atoms with Crippen LogP contribution in [0.5, 0.6) is 5.75 Å². The van der Waals surface area contributed by atoms with Crippen LogP contribution < -0.4 is 10.9 Å². The molecule has 2 amide bonds. The molecule has 0 spiro atoms. The van der Waals surface area contributed by atoms with Crippen LogP contribution in [0.3, 0.4) is 0 Å². The minimum atomic E-state index is -1.12. The van der Waals surface area contributed by atoms with Crippen LogP contribution in [0.4, 0.5) is 0 Å². The highest BCUT2D eigenvalue weighted by Crippen LogP contribution is 2.44. The van der Waals surface area contributed by atoms with Crippen LogP contribution in [0, 0.1) is 0 Å². The van der Waals surface area contributed by atoms with Crippen molar-refractivity contribution in [3.63, 3.8) is 0 Å². The topological polar surface area (TPSA) is 125 Å². The molecule has 176 valence electrons. The first kappa shape index (κ1) is 22.1. The summed E-state index contributed by atoms with van der Waals surface area (Å²) in [6, 6.07) is 10.3. The van der Waals surface area contributed by atoms with Gasteiger partial charge in [-0.05, 0) is 39.1 Å². The van der Waals surface area contributed by atoms with Gasteiger partial charge < -0.3 is 28.8 Å². The molecule has 5 rings (SSSR count). The van der Waals surface area contributed by atoms with Crippen LogP contribution in [0.15, 0.2) is 36.4 Å². The number of rotatable bonds is 2. The molecule has 2 aromatic rings. The minimum Gasteiger partial charge on any atom is -0.506 e. The summed E-state index contributed by atoms with van der Waals surface area (Å²) < 4.78 is 29.5. The number of hydrogen-bond acceptors (Lipinski definition) is 8. The van der Waals surface area contributed by atoms with Gasteiger partial charge in [0.15, 0.2) is 24.0 Å². The summed E-state index contributed by atoms with van der Waals surface area (Å²) in [7, 11) is 0. The number of hydrogen-bond donors (Lipinski definition) is 3. The van der Waals surface area contributed by atoms with Gasteiger partial charge in [0.25, 0.3) is 11.8 Å². The molecule has 0 radical (unpaired) electrons. The maximum atomic E-state index is 13.0. The molecular weight excluding hydrogens is 432 g/mol. The van der Waals surface area contributed by atoms with Gasteiger partial charge in [-0.2, -0.15) is 0 Å². The molecule has 3 saturated heterocycles. The lowest BCUT2D eigenvalue weighted by molar-refractivity contribution is -0.231. The van der Waals surface area contributed by atoms with Crippen LogP contribution in [-0.2, 0) is 28.5 Å². The van der Waals surface area contributed by atoms with Crippen molar-refractivity contribution in [2.75, 3.05) is 0 Å². The van der Waals surface area contributed by atoms with Gasteiger partial charge >= 0.3 is 0 Å². The van der Waals surface area contributed by atoms with Crippen molar-refractivity contribution in [3.8, 4) is 5.75 Å². The van der Waals surface area contributed by atoms with Crippen molar-refractivity contribution in [1.29, 1.82) is 0 Å². The molecule has 0 bridgehead atoms. The summed E-state index contributed by atoms with van der Waals surface area (Å²) in [6.07, 6.45) is -3.91. The smallest absolute Gasteiger partial charge is 0.273 e. The zero-order valence-electron chi connectivity index (χ0n) is 18.7. The fourth-order valence-corrected chi connectivity index (χ4v) is 4.52. The van der Waals surface area contributed by atoms with E-state index in [1.54, 1.807) is 45.9 Å². The monoisotopic (exact) mass is 458 g/mol. The fraction of sp³-hybridized carbons (Fsp3) is 0.478. The van der Waals surface area contributed by atoms with Gasteiger partial charge in [0.1, 0.15) is 24.1 Å². The van der Waals surface area contributed by atoms with Crippen molar-refractivity contribution in [2.24, 2.45) is 0 Å². The second-order valence-electron chi connectivity index (χ2n) is 9.22. The summed E-state index contributed by atoms with van der Waals surface area (Å²) in [6.45, 7) is 6.97. The highest BCUT2D eigenvalue weighted by molar-refractivity contribution is 6.04. The van der Waals surface area contributed by atoms with E-state index in [1.807, 2.05) is 12.1 Å². The lowest BCUT2D eigenvalue weighted by atomic mass is 9.98. The average molecular weight is 458 g/mol. The summed E-state index contributed by atoms with van der Waals surface area (Å²) in [5.74, 6) is -3.37. The highest BCUT2D eigenvalue weighted by atomic mass is 16.9. The molecule has 33 heavy (non-hydrogen) atoms. The number of fused-ring (bicyclic) bond motifs is 4. The Labute approximate surface area is 190 Å². The number of carbonyl (C=O) groups is 2. The average Bonchev–Trinajstić information content (AvgIpc) is 3.25.